The van der Waals surface area contributed by atoms with Crippen molar-refractivity contribution in [1.82, 2.24) is 10.2 Å². The van der Waals surface area contributed by atoms with Crippen molar-refractivity contribution in [3.8, 4) is 0 Å². The molecule has 0 bridgehead atoms. The minimum Gasteiger partial charge on any atom is -0.350 e. The Balaban J connectivity index is 2.22. The van der Waals surface area contributed by atoms with Gasteiger partial charge in [0.05, 0.1) is 11.9 Å². The average Bonchev–Trinajstić information content (AvgIpc) is 2.75. The van der Waals surface area contributed by atoms with Gasteiger partial charge in [0.1, 0.15) is 6.04 Å². The van der Waals surface area contributed by atoms with Crippen molar-refractivity contribution >= 4 is 39.1 Å². The standard InChI is InChI=1S/C27H38ClN3O4S/c1-19-14-15-23(17-20(19)2)31(36(7,34)35)16-10-13-25(32)30(18-22-11-8-9-12-24(22)28)21(3)26(33)29-27(4,5)6/h8-9,11-12,14-15,17,21H,10,13,16,18H2,1-7H3,(H,29,33)/t21-/m0/s1. The van der Waals surface area contributed by atoms with Gasteiger partial charge in [-0.2, -0.15) is 0 Å². The van der Waals surface area contributed by atoms with Crippen LogP contribution in [-0.4, -0.2) is 49.5 Å². The minimum absolute atomic E-state index is 0.0778. The number of benzene rings is 2. The monoisotopic (exact) mass is 535 g/mol. The summed E-state index contributed by atoms with van der Waals surface area (Å²) in [5.74, 6) is -0.518. The fourth-order valence-corrected chi connectivity index (χ4v) is 4.90. The van der Waals surface area contributed by atoms with Crippen molar-refractivity contribution in [2.24, 2.45) is 0 Å². The van der Waals surface area contributed by atoms with Gasteiger partial charge in [-0.25, -0.2) is 8.42 Å². The molecule has 1 atom stereocenters. The van der Waals surface area contributed by atoms with Crippen molar-refractivity contribution in [1.29, 1.82) is 0 Å². The highest BCUT2D eigenvalue weighted by Crippen LogP contribution is 2.23. The summed E-state index contributed by atoms with van der Waals surface area (Å²) in [6, 6.07) is 12.0. The third-order valence-corrected chi connectivity index (χ3v) is 7.46. The largest absolute Gasteiger partial charge is 0.350 e. The molecule has 9 heteroatoms. The molecule has 0 aliphatic heterocycles. The third kappa shape index (κ3) is 8.52. The SMILES string of the molecule is Cc1ccc(N(CCCC(=O)N(Cc2ccccc2Cl)[C@@H](C)C(=O)NC(C)(C)C)S(C)(=O)=O)cc1C. The Morgan fingerprint density at radius 3 is 2.25 bits per heavy atom. The van der Waals surface area contributed by atoms with Gasteiger partial charge in [0.2, 0.25) is 21.8 Å². The van der Waals surface area contributed by atoms with E-state index in [-0.39, 0.29) is 31.3 Å². The molecule has 0 aliphatic carbocycles. The van der Waals surface area contributed by atoms with Crippen LogP contribution in [0.1, 0.15) is 57.2 Å². The first-order valence-electron chi connectivity index (χ1n) is 12.0. The lowest BCUT2D eigenvalue weighted by atomic mass is 10.1. The Hall–Kier alpha value is -2.58. The number of nitrogens with one attached hydrogen (secondary N) is 1. The summed E-state index contributed by atoms with van der Waals surface area (Å²) in [7, 11) is -3.54. The van der Waals surface area contributed by atoms with Crippen molar-refractivity contribution in [2.75, 3.05) is 17.1 Å². The average molecular weight is 536 g/mol. The lowest BCUT2D eigenvalue weighted by molar-refractivity contribution is -0.141. The number of carbonyl (C=O) groups excluding carboxylic acids is 2. The van der Waals surface area contributed by atoms with Gasteiger partial charge >= 0.3 is 0 Å². The van der Waals surface area contributed by atoms with E-state index < -0.39 is 21.6 Å². The number of aryl methyl sites for hydroxylation is 2. The van der Waals surface area contributed by atoms with Gasteiger partial charge in [-0.15, -0.1) is 0 Å². The number of rotatable bonds is 10. The van der Waals surface area contributed by atoms with E-state index in [0.717, 1.165) is 22.9 Å². The minimum atomic E-state index is -3.54. The van der Waals surface area contributed by atoms with E-state index in [1.165, 1.54) is 9.21 Å². The van der Waals surface area contributed by atoms with Crippen LogP contribution in [0.4, 0.5) is 5.69 Å². The van der Waals surface area contributed by atoms with Crippen LogP contribution in [0.2, 0.25) is 5.02 Å². The smallest absolute Gasteiger partial charge is 0.242 e. The van der Waals surface area contributed by atoms with Crippen LogP contribution >= 0.6 is 11.6 Å². The predicted octanol–water partition coefficient (Wildman–Crippen LogP) is 4.84. The molecule has 0 heterocycles. The van der Waals surface area contributed by atoms with E-state index in [0.29, 0.717) is 17.1 Å². The normalized spacial score (nSPS) is 12.7. The number of hydrogen-bond donors (Lipinski definition) is 1. The summed E-state index contributed by atoms with van der Waals surface area (Å²) in [5.41, 5.74) is 2.91. The molecule has 0 aromatic heterocycles. The molecule has 0 aliphatic rings. The van der Waals surface area contributed by atoms with Crippen LogP contribution in [-0.2, 0) is 26.2 Å². The molecule has 2 aromatic rings. The fraction of sp³-hybridized carbons (Fsp3) is 0.481. The van der Waals surface area contributed by atoms with Gasteiger partial charge in [0.15, 0.2) is 0 Å². The molecule has 1 N–H and O–H groups in total. The van der Waals surface area contributed by atoms with Crippen molar-refractivity contribution < 1.29 is 18.0 Å². The number of amides is 2. The molecule has 2 rings (SSSR count). The van der Waals surface area contributed by atoms with Crippen LogP contribution < -0.4 is 9.62 Å². The molecule has 2 amide bonds. The lowest BCUT2D eigenvalue weighted by Crippen LogP contribution is -2.52. The summed E-state index contributed by atoms with van der Waals surface area (Å²) in [6.45, 7) is 11.5. The molecule has 0 fully saturated rings. The van der Waals surface area contributed by atoms with E-state index in [2.05, 4.69) is 5.32 Å². The van der Waals surface area contributed by atoms with Crippen LogP contribution in [0.25, 0.3) is 0 Å². The molecule has 2 aromatic carbocycles. The van der Waals surface area contributed by atoms with Crippen molar-refractivity contribution in [3.63, 3.8) is 0 Å². The fourth-order valence-electron chi connectivity index (χ4n) is 3.75. The molecule has 0 spiro atoms. The quantitative estimate of drug-likeness (QED) is 0.472. The first-order chi connectivity index (χ1) is 16.6. The maximum Gasteiger partial charge on any atom is 0.242 e. The molecule has 0 saturated carbocycles. The number of hydrogen-bond acceptors (Lipinski definition) is 4. The van der Waals surface area contributed by atoms with Crippen molar-refractivity contribution in [2.45, 2.75) is 72.5 Å². The number of halogens is 1. The van der Waals surface area contributed by atoms with Crippen LogP contribution in [0, 0.1) is 13.8 Å². The van der Waals surface area contributed by atoms with Crippen LogP contribution in [0.3, 0.4) is 0 Å². The van der Waals surface area contributed by atoms with Gasteiger partial charge < -0.3 is 10.2 Å². The second kappa shape index (κ2) is 12.1. The Bertz CT molecular complexity index is 1190. The second-order valence-electron chi connectivity index (χ2n) is 10.2. The molecule has 36 heavy (non-hydrogen) atoms. The van der Waals surface area contributed by atoms with Gasteiger partial charge in [-0.1, -0.05) is 35.9 Å². The Labute approximate surface area is 220 Å². The first-order valence-corrected chi connectivity index (χ1v) is 14.2. The Kier molecular flexibility index (Phi) is 9.97. The summed E-state index contributed by atoms with van der Waals surface area (Å²) in [5, 5.41) is 3.44. The predicted molar refractivity (Wildman–Crippen MR) is 147 cm³/mol. The van der Waals surface area contributed by atoms with Gasteiger partial charge in [0, 0.05) is 30.1 Å². The molecule has 198 valence electrons. The third-order valence-electron chi connectivity index (χ3n) is 5.89. The summed E-state index contributed by atoms with van der Waals surface area (Å²) in [6.07, 6.45) is 1.53. The van der Waals surface area contributed by atoms with E-state index in [9.17, 15) is 18.0 Å². The highest BCUT2D eigenvalue weighted by molar-refractivity contribution is 7.92. The molecule has 0 unspecified atom stereocenters. The highest BCUT2D eigenvalue weighted by Gasteiger charge is 2.29. The van der Waals surface area contributed by atoms with Gasteiger partial charge in [-0.3, -0.25) is 13.9 Å². The summed E-state index contributed by atoms with van der Waals surface area (Å²) >= 11 is 6.34. The maximum absolute atomic E-state index is 13.4. The van der Waals surface area contributed by atoms with Gasteiger partial charge in [0.25, 0.3) is 0 Å². The summed E-state index contributed by atoms with van der Waals surface area (Å²) < 4.78 is 26.3. The molecule has 0 saturated heterocycles. The molecular formula is C27H38ClN3O4S. The van der Waals surface area contributed by atoms with Crippen LogP contribution in [0.15, 0.2) is 42.5 Å². The zero-order valence-electron chi connectivity index (χ0n) is 22.3. The number of carbonyl (C=O) groups is 2. The van der Waals surface area contributed by atoms with E-state index >= 15 is 0 Å². The van der Waals surface area contributed by atoms with Gasteiger partial charge in [-0.05, 0) is 82.9 Å². The van der Waals surface area contributed by atoms with Crippen molar-refractivity contribution in [3.05, 3.63) is 64.2 Å². The second-order valence-corrected chi connectivity index (χ2v) is 12.5. The molecule has 0 radical (unpaired) electrons. The zero-order chi connectivity index (χ0) is 27.3. The first kappa shape index (κ1) is 29.6. The number of sulfonamides is 1. The topological polar surface area (TPSA) is 86.8 Å². The number of anilines is 1. The summed E-state index contributed by atoms with van der Waals surface area (Å²) in [4.78, 5) is 27.8. The molecule has 7 nitrogen and oxygen atoms in total. The maximum atomic E-state index is 13.4. The Morgan fingerprint density at radius 1 is 1.06 bits per heavy atom. The van der Waals surface area contributed by atoms with Crippen LogP contribution in [0.5, 0.6) is 0 Å². The highest BCUT2D eigenvalue weighted by atomic mass is 35.5. The van der Waals surface area contributed by atoms with E-state index in [1.807, 2.05) is 58.9 Å². The number of nitrogens with zero attached hydrogens (tertiary/aromatic N) is 2. The zero-order valence-corrected chi connectivity index (χ0v) is 23.8. The Morgan fingerprint density at radius 2 is 1.69 bits per heavy atom. The van der Waals surface area contributed by atoms with E-state index in [1.54, 1.807) is 25.1 Å². The van der Waals surface area contributed by atoms with E-state index in [4.69, 9.17) is 11.6 Å². The lowest BCUT2D eigenvalue weighted by Gasteiger charge is -2.32. The molecular weight excluding hydrogens is 498 g/mol.